The van der Waals surface area contributed by atoms with E-state index in [1.54, 1.807) is 6.92 Å². The zero-order valence-electron chi connectivity index (χ0n) is 15.2. The molecule has 1 aliphatic carbocycles. The van der Waals surface area contributed by atoms with Gasteiger partial charge in [-0.25, -0.2) is 0 Å². The van der Waals surface area contributed by atoms with Gasteiger partial charge in [0.1, 0.15) is 0 Å². The van der Waals surface area contributed by atoms with Crippen molar-refractivity contribution in [1.82, 2.24) is 15.1 Å². The number of nitrogens with zero attached hydrogens (tertiary/aromatic N) is 2. The van der Waals surface area contributed by atoms with Crippen molar-refractivity contribution in [2.75, 3.05) is 19.6 Å². The highest BCUT2D eigenvalue weighted by Crippen LogP contribution is 2.31. The van der Waals surface area contributed by atoms with Crippen molar-refractivity contribution >= 4 is 11.8 Å². The van der Waals surface area contributed by atoms with Crippen LogP contribution in [0.1, 0.15) is 59.8 Å². The van der Waals surface area contributed by atoms with Gasteiger partial charge in [-0.1, -0.05) is 20.3 Å². The number of carbonyl (C=O) groups is 2. The summed E-state index contributed by atoms with van der Waals surface area (Å²) in [7, 11) is 0. The Balaban J connectivity index is 1.80. The lowest BCUT2D eigenvalue weighted by atomic mass is 9.99. The molecule has 1 saturated heterocycles. The smallest absolute Gasteiger partial charge is 0.234 e. The molecule has 0 aromatic carbocycles. The third-order valence-electron chi connectivity index (χ3n) is 5.64. The highest BCUT2D eigenvalue weighted by Gasteiger charge is 2.35. The molecule has 5 heteroatoms. The molecular formula is C18H33N3O2. The van der Waals surface area contributed by atoms with Gasteiger partial charge in [-0.05, 0) is 38.5 Å². The molecule has 0 radical (unpaired) electrons. The first-order valence-electron chi connectivity index (χ1n) is 9.23. The topological polar surface area (TPSA) is 52.7 Å². The summed E-state index contributed by atoms with van der Waals surface area (Å²) in [6.45, 7) is 10.4. The molecule has 23 heavy (non-hydrogen) atoms. The van der Waals surface area contributed by atoms with Gasteiger partial charge in [-0.3, -0.25) is 14.5 Å². The first-order chi connectivity index (χ1) is 10.9. The van der Waals surface area contributed by atoms with E-state index in [9.17, 15) is 9.59 Å². The molecule has 1 saturated carbocycles. The van der Waals surface area contributed by atoms with Gasteiger partial charge in [0.25, 0.3) is 0 Å². The normalized spacial score (nSPS) is 22.0. The van der Waals surface area contributed by atoms with Crippen molar-refractivity contribution in [2.45, 2.75) is 77.9 Å². The second-order valence-electron chi connectivity index (χ2n) is 7.38. The molecule has 1 heterocycles. The molecule has 2 fully saturated rings. The number of piperidine rings is 1. The zero-order chi connectivity index (χ0) is 17.0. The van der Waals surface area contributed by atoms with Gasteiger partial charge in [0.2, 0.25) is 11.8 Å². The van der Waals surface area contributed by atoms with E-state index in [0.29, 0.717) is 24.5 Å². The molecule has 5 nitrogen and oxygen atoms in total. The van der Waals surface area contributed by atoms with E-state index in [1.165, 1.54) is 12.8 Å². The molecule has 0 bridgehead atoms. The fourth-order valence-electron chi connectivity index (χ4n) is 3.46. The average Bonchev–Trinajstić information content (AvgIpc) is 3.36. The van der Waals surface area contributed by atoms with Gasteiger partial charge in [-0.2, -0.15) is 0 Å². The number of rotatable bonds is 7. The van der Waals surface area contributed by atoms with Crippen LogP contribution in [-0.4, -0.2) is 59.4 Å². The van der Waals surface area contributed by atoms with Crippen molar-refractivity contribution in [3.05, 3.63) is 0 Å². The molecule has 0 aromatic heterocycles. The Bertz CT molecular complexity index is 414. The number of likely N-dealkylation sites (tertiary alicyclic amines) is 1. The monoisotopic (exact) mass is 323 g/mol. The highest BCUT2D eigenvalue weighted by atomic mass is 16.2. The van der Waals surface area contributed by atoms with E-state index in [-0.39, 0.29) is 17.9 Å². The summed E-state index contributed by atoms with van der Waals surface area (Å²) in [5.41, 5.74) is 0. The van der Waals surface area contributed by atoms with Gasteiger partial charge >= 0.3 is 0 Å². The Hall–Kier alpha value is -1.10. The minimum Gasteiger partial charge on any atom is -0.352 e. The summed E-state index contributed by atoms with van der Waals surface area (Å²) in [5, 5.41) is 3.18. The number of amides is 2. The number of carbonyl (C=O) groups excluding carboxylic acids is 2. The molecule has 132 valence electrons. The molecule has 2 amide bonds. The Morgan fingerprint density at radius 3 is 2.26 bits per heavy atom. The standard InChI is InChI=1S/C18H33N3O2/c1-5-13(2)14(3)21(17-6-7-17)12-18(23)19-16-8-10-20(11-9-16)15(4)22/h13-14,16-17H,5-12H2,1-4H3,(H,19,23)/t13-,14+/m1/s1. The largest absolute Gasteiger partial charge is 0.352 e. The second kappa shape index (κ2) is 8.13. The fourth-order valence-corrected chi connectivity index (χ4v) is 3.46. The molecule has 0 aromatic rings. The maximum absolute atomic E-state index is 12.5. The van der Waals surface area contributed by atoms with Crippen molar-refractivity contribution in [3.8, 4) is 0 Å². The van der Waals surface area contributed by atoms with Crippen molar-refractivity contribution in [3.63, 3.8) is 0 Å². The van der Waals surface area contributed by atoms with Gasteiger partial charge in [0.15, 0.2) is 0 Å². The van der Waals surface area contributed by atoms with Crippen LogP contribution in [0.3, 0.4) is 0 Å². The van der Waals surface area contributed by atoms with Crippen LogP contribution in [0.2, 0.25) is 0 Å². The lowest BCUT2D eigenvalue weighted by molar-refractivity contribution is -0.130. The molecule has 2 aliphatic rings. The van der Waals surface area contributed by atoms with E-state index in [2.05, 4.69) is 31.0 Å². The average molecular weight is 323 g/mol. The third kappa shape index (κ3) is 5.20. The molecule has 2 rings (SSSR count). The van der Waals surface area contributed by atoms with Crippen LogP contribution in [0.25, 0.3) is 0 Å². The molecule has 0 spiro atoms. The van der Waals surface area contributed by atoms with Crippen molar-refractivity contribution in [1.29, 1.82) is 0 Å². The van der Waals surface area contributed by atoms with Gasteiger partial charge < -0.3 is 10.2 Å². The maximum atomic E-state index is 12.5. The van der Waals surface area contributed by atoms with E-state index >= 15 is 0 Å². The van der Waals surface area contributed by atoms with Crippen LogP contribution in [0, 0.1) is 5.92 Å². The predicted molar refractivity (Wildman–Crippen MR) is 92.1 cm³/mol. The molecular weight excluding hydrogens is 290 g/mol. The highest BCUT2D eigenvalue weighted by molar-refractivity contribution is 5.78. The van der Waals surface area contributed by atoms with Gasteiger partial charge in [-0.15, -0.1) is 0 Å². The number of hydrogen-bond donors (Lipinski definition) is 1. The summed E-state index contributed by atoms with van der Waals surface area (Å²) in [6, 6.07) is 1.28. The summed E-state index contributed by atoms with van der Waals surface area (Å²) < 4.78 is 0. The van der Waals surface area contributed by atoms with Crippen LogP contribution in [0.5, 0.6) is 0 Å². The molecule has 1 aliphatic heterocycles. The van der Waals surface area contributed by atoms with Crippen molar-refractivity contribution < 1.29 is 9.59 Å². The van der Waals surface area contributed by atoms with Crippen molar-refractivity contribution in [2.24, 2.45) is 5.92 Å². The van der Waals surface area contributed by atoms with Crippen LogP contribution < -0.4 is 5.32 Å². The van der Waals surface area contributed by atoms with Gasteiger partial charge in [0, 0.05) is 38.1 Å². The van der Waals surface area contributed by atoms with E-state index in [0.717, 1.165) is 32.4 Å². The fraction of sp³-hybridized carbons (Fsp3) is 0.889. The third-order valence-corrected chi connectivity index (χ3v) is 5.64. The molecule has 0 unspecified atom stereocenters. The Labute approximate surface area is 140 Å². The summed E-state index contributed by atoms with van der Waals surface area (Å²) in [4.78, 5) is 28.1. The first kappa shape index (κ1) is 18.2. The van der Waals surface area contributed by atoms with Crippen LogP contribution >= 0.6 is 0 Å². The summed E-state index contributed by atoms with van der Waals surface area (Å²) in [6.07, 6.45) is 5.34. The Morgan fingerprint density at radius 1 is 1.17 bits per heavy atom. The first-order valence-corrected chi connectivity index (χ1v) is 9.23. The molecule has 1 N–H and O–H groups in total. The quantitative estimate of drug-likeness (QED) is 0.780. The van der Waals surface area contributed by atoms with Crippen LogP contribution in [0.15, 0.2) is 0 Å². The summed E-state index contributed by atoms with van der Waals surface area (Å²) in [5.74, 6) is 0.896. The Kier molecular flexibility index (Phi) is 6.45. The molecule has 2 atom stereocenters. The van der Waals surface area contributed by atoms with E-state index in [1.807, 2.05) is 4.90 Å². The van der Waals surface area contributed by atoms with E-state index < -0.39 is 0 Å². The lowest BCUT2D eigenvalue weighted by Gasteiger charge is -2.34. The Morgan fingerprint density at radius 2 is 1.78 bits per heavy atom. The minimum atomic E-state index is 0.136. The van der Waals surface area contributed by atoms with Gasteiger partial charge in [0.05, 0.1) is 6.54 Å². The van der Waals surface area contributed by atoms with Crippen LogP contribution in [0.4, 0.5) is 0 Å². The zero-order valence-corrected chi connectivity index (χ0v) is 15.2. The predicted octanol–water partition coefficient (Wildman–Crippen LogP) is 2.01. The number of nitrogens with one attached hydrogen (secondary N) is 1. The maximum Gasteiger partial charge on any atom is 0.234 e. The lowest BCUT2D eigenvalue weighted by Crippen LogP contribution is -2.50. The minimum absolute atomic E-state index is 0.136. The van der Waals surface area contributed by atoms with E-state index in [4.69, 9.17) is 0 Å². The second-order valence-corrected chi connectivity index (χ2v) is 7.38. The SMILES string of the molecule is CC[C@@H](C)[C@H](C)N(CC(=O)NC1CCN(C(C)=O)CC1)C1CC1. The summed E-state index contributed by atoms with van der Waals surface area (Å²) >= 11 is 0. The van der Waals surface area contributed by atoms with Crippen LogP contribution in [-0.2, 0) is 9.59 Å². The number of hydrogen-bond acceptors (Lipinski definition) is 3.